The summed E-state index contributed by atoms with van der Waals surface area (Å²) in [6, 6.07) is 7.61. The molecular weight excluding hydrogens is 290 g/mol. The summed E-state index contributed by atoms with van der Waals surface area (Å²) in [5, 5.41) is 10.3. The van der Waals surface area contributed by atoms with E-state index in [4.69, 9.17) is 16.7 Å². The van der Waals surface area contributed by atoms with Gasteiger partial charge >= 0.3 is 5.97 Å². The second-order valence-electron chi connectivity index (χ2n) is 3.53. The third-order valence-corrected chi connectivity index (χ3v) is 4.56. The predicted molar refractivity (Wildman–Crippen MR) is 74.5 cm³/mol. The largest absolute Gasteiger partial charge is 0.481 e. The van der Waals surface area contributed by atoms with Gasteiger partial charge in [-0.05, 0) is 24.3 Å². The first kappa shape index (κ1) is 13.4. The summed E-state index contributed by atoms with van der Waals surface area (Å²) in [5.41, 5.74) is 0. The molecule has 0 fully saturated rings. The molecule has 0 aliphatic carbocycles. The summed E-state index contributed by atoms with van der Waals surface area (Å²) in [5.74, 6) is -0.0816. The molecule has 0 radical (unpaired) electrons. The maximum absolute atomic E-state index is 10.6. The van der Waals surface area contributed by atoms with Gasteiger partial charge in [0.05, 0.1) is 12.2 Å². The smallest absolute Gasteiger partial charge is 0.308 e. The maximum Gasteiger partial charge on any atom is 0.308 e. The van der Waals surface area contributed by atoms with Gasteiger partial charge in [-0.2, -0.15) is 0 Å². The van der Waals surface area contributed by atoms with Crippen LogP contribution >= 0.6 is 34.7 Å². The van der Waals surface area contributed by atoms with Gasteiger partial charge in [-0.3, -0.25) is 4.79 Å². The Kier molecular flexibility index (Phi) is 4.63. The minimum absolute atomic E-state index is 0.0449. The van der Waals surface area contributed by atoms with Gasteiger partial charge in [0.1, 0.15) is 5.01 Å². The van der Waals surface area contributed by atoms with E-state index in [1.54, 1.807) is 18.0 Å². The fourth-order valence-electron chi connectivity index (χ4n) is 1.32. The second-order valence-corrected chi connectivity index (χ2v) is 6.22. The average molecular weight is 300 g/mol. The Hall–Kier alpha value is -1.04. The highest BCUT2D eigenvalue weighted by Gasteiger charge is 2.06. The van der Waals surface area contributed by atoms with Crippen LogP contribution < -0.4 is 0 Å². The Labute approximate surface area is 118 Å². The van der Waals surface area contributed by atoms with Gasteiger partial charge in [0, 0.05) is 21.0 Å². The van der Waals surface area contributed by atoms with Gasteiger partial charge in [0.25, 0.3) is 0 Å². The number of benzene rings is 1. The maximum atomic E-state index is 10.6. The van der Waals surface area contributed by atoms with Gasteiger partial charge < -0.3 is 5.11 Å². The van der Waals surface area contributed by atoms with Crippen LogP contribution in [0.25, 0.3) is 0 Å². The van der Waals surface area contributed by atoms with E-state index in [1.165, 1.54) is 11.3 Å². The van der Waals surface area contributed by atoms with E-state index in [0.717, 1.165) is 25.6 Å². The molecule has 0 spiro atoms. The second kappa shape index (κ2) is 6.22. The van der Waals surface area contributed by atoms with Crippen LogP contribution in [0.5, 0.6) is 0 Å². The number of hydrogen-bond acceptors (Lipinski definition) is 4. The van der Waals surface area contributed by atoms with Crippen molar-refractivity contribution in [1.29, 1.82) is 0 Å². The molecule has 18 heavy (non-hydrogen) atoms. The van der Waals surface area contributed by atoms with Crippen LogP contribution in [0.1, 0.15) is 9.88 Å². The number of carbonyl (C=O) groups is 1. The Balaban J connectivity index is 1.92. The van der Waals surface area contributed by atoms with E-state index < -0.39 is 5.97 Å². The molecule has 1 aromatic heterocycles. The lowest BCUT2D eigenvalue weighted by Crippen LogP contribution is -1.97. The molecule has 0 saturated carbocycles. The van der Waals surface area contributed by atoms with Crippen LogP contribution in [0, 0.1) is 0 Å². The number of aliphatic carboxylic acids is 1. The van der Waals surface area contributed by atoms with E-state index >= 15 is 0 Å². The highest BCUT2D eigenvalue weighted by molar-refractivity contribution is 7.98. The Morgan fingerprint density at radius 3 is 2.78 bits per heavy atom. The van der Waals surface area contributed by atoms with Crippen LogP contribution in [-0.4, -0.2) is 16.1 Å². The number of halogens is 1. The van der Waals surface area contributed by atoms with Crippen LogP contribution in [0.4, 0.5) is 0 Å². The summed E-state index contributed by atoms with van der Waals surface area (Å²) < 4.78 is 0. The topological polar surface area (TPSA) is 50.2 Å². The minimum atomic E-state index is -0.824. The van der Waals surface area contributed by atoms with Gasteiger partial charge in [-0.1, -0.05) is 11.6 Å². The van der Waals surface area contributed by atoms with Crippen LogP contribution in [0.15, 0.2) is 35.4 Å². The van der Waals surface area contributed by atoms with Gasteiger partial charge in [-0.25, -0.2) is 4.98 Å². The number of nitrogens with zero attached hydrogens (tertiary/aromatic N) is 1. The van der Waals surface area contributed by atoms with E-state index in [2.05, 4.69) is 4.98 Å². The van der Waals surface area contributed by atoms with Gasteiger partial charge in [-0.15, -0.1) is 23.1 Å². The molecule has 2 rings (SSSR count). The zero-order chi connectivity index (χ0) is 13.0. The van der Waals surface area contributed by atoms with Crippen molar-refractivity contribution >= 4 is 40.7 Å². The molecule has 1 aromatic carbocycles. The molecule has 3 nitrogen and oxygen atoms in total. The zero-order valence-corrected chi connectivity index (χ0v) is 11.7. The molecule has 0 saturated heterocycles. The molecule has 2 aromatic rings. The Morgan fingerprint density at radius 1 is 1.39 bits per heavy atom. The Morgan fingerprint density at radius 2 is 2.11 bits per heavy atom. The molecule has 1 N–H and O–H groups in total. The summed E-state index contributed by atoms with van der Waals surface area (Å²) in [6.07, 6.45) is 1.68. The summed E-state index contributed by atoms with van der Waals surface area (Å²) in [7, 11) is 0. The van der Waals surface area contributed by atoms with Crippen molar-refractivity contribution in [3.63, 3.8) is 0 Å². The predicted octanol–water partition coefficient (Wildman–Crippen LogP) is 3.72. The number of carboxylic acid groups (broad SMARTS) is 1. The number of carboxylic acids is 1. The first-order valence-electron chi connectivity index (χ1n) is 5.17. The summed E-state index contributed by atoms with van der Waals surface area (Å²) in [6.45, 7) is 0. The van der Waals surface area contributed by atoms with Crippen molar-refractivity contribution in [1.82, 2.24) is 4.98 Å². The molecule has 0 aliphatic rings. The van der Waals surface area contributed by atoms with Crippen molar-refractivity contribution in [2.24, 2.45) is 0 Å². The molecule has 0 unspecified atom stereocenters. The van der Waals surface area contributed by atoms with E-state index in [0.29, 0.717) is 0 Å². The van der Waals surface area contributed by atoms with Crippen molar-refractivity contribution in [2.75, 3.05) is 0 Å². The van der Waals surface area contributed by atoms with Gasteiger partial charge in [0.2, 0.25) is 0 Å². The van der Waals surface area contributed by atoms with Crippen molar-refractivity contribution in [3.05, 3.63) is 45.4 Å². The standard InChI is InChI=1S/C12H10ClNO2S2/c13-8-1-3-9(4-2-8)17-7-11-14-6-10(18-11)5-12(15)16/h1-4,6H,5,7H2,(H,15,16). The fourth-order valence-corrected chi connectivity index (χ4v) is 3.26. The van der Waals surface area contributed by atoms with Crippen LogP contribution in [0.2, 0.25) is 5.02 Å². The lowest BCUT2D eigenvalue weighted by molar-refractivity contribution is -0.136. The normalized spacial score (nSPS) is 10.5. The molecule has 94 valence electrons. The molecule has 1 heterocycles. The first-order chi connectivity index (χ1) is 8.63. The Bertz CT molecular complexity index is 539. The minimum Gasteiger partial charge on any atom is -0.481 e. The lowest BCUT2D eigenvalue weighted by atomic mass is 10.4. The first-order valence-corrected chi connectivity index (χ1v) is 7.35. The SMILES string of the molecule is O=C(O)Cc1cnc(CSc2ccc(Cl)cc2)s1. The van der Waals surface area contributed by atoms with Crippen molar-refractivity contribution < 1.29 is 9.90 Å². The lowest BCUT2D eigenvalue weighted by Gasteiger charge is -1.98. The van der Waals surface area contributed by atoms with Crippen LogP contribution in [-0.2, 0) is 17.0 Å². The van der Waals surface area contributed by atoms with E-state index in [9.17, 15) is 4.79 Å². The van der Waals surface area contributed by atoms with Crippen molar-refractivity contribution in [2.45, 2.75) is 17.1 Å². The fraction of sp³-hybridized carbons (Fsp3) is 0.167. The third-order valence-electron chi connectivity index (χ3n) is 2.10. The number of hydrogen-bond donors (Lipinski definition) is 1. The third kappa shape index (κ3) is 4.01. The molecule has 0 aliphatic heterocycles. The molecule has 0 bridgehead atoms. The monoisotopic (exact) mass is 299 g/mol. The molecule has 0 amide bonds. The number of thioether (sulfide) groups is 1. The number of aromatic nitrogens is 1. The number of rotatable bonds is 5. The van der Waals surface area contributed by atoms with E-state index in [-0.39, 0.29) is 6.42 Å². The van der Waals surface area contributed by atoms with E-state index in [1.807, 2.05) is 24.3 Å². The quantitative estimate of drug-likeness (QED) is 0.855. The van der Waals surface area contributed by atoms with Gasteiger partial charge in [0.15, 0.2) is 0 Å². The highest BCUT2D eigenvalue weighted by Crippen LogP contribution is 2.26. The number of thiazole rings is 1. The zero-order valence-electron chi connectivity index (χ0n) is 9.30. The summed E-state index contributed by atoms with van der Waals surface area (Å²) in [4.78, 5) is 16.7. The van der Waals surface area contributed by atoms with Crippen LogP contribution in [0.3, 0.4) is 0 Å². The molecular formula is C12H10ClNO2S2. The molecule has 6 heteroatoms. The average Bonchev–Trinajstić information content (AvgIpc) is 2.75. The highest BCUT2D eigenvalue weighted by atomic mass is 35.5. The van der Waals surface area contributed by atoms with Crippen molar-refractivity contribution in [3.8, 4) is 0 Å². The molecule has 0 atom stereocenters. The summed E-state index contributed by atoms with van der Waals surface area (Å²) >= 11 is 8.91.